The number of rotatable bonds is 4. The van der Waals surface area contributed by atoms with Crippen LogP contribution < -0.4 is 5.32 Å². The van der Waals surface area contributed by atoms with E-state index in [-0.39, 0.29) is 11.3 Å². The van der Waals surface area contributed by atoms with Crippen molar-refractivity contribution in [1.82, 2.24) is 15.1 Å². The van der Waals surface area contributed by atoms with E-state index in [0.717, 1.165) is 18.7 Å². The molecule has 0 saturated heterocycles. The lowest BCUT2D eigenvalue weighted by Gasteiger charge is -2.23. The average Bonchev–Trinajstić information content (AvgIpc) is 2.95. The first-order valence-electron chi connectivity index (χ1n) is 8.04. The maximum absolute atomic E-state index is 12.3. The molecule has 2 rings (SSSR count). The maximum Gasteiger partial charge on any atom is 0.269 e. The van der Waals surface area contributed by atoms with Crippen LogP contribution in [0.4, 0.5) is 0 Å². The largest absolute Gasteiger partial charge is 0.351 e. The van der Waals surface area contributed by atoms with Crippen molar-refractivity contribution in [2.24, 2.45) is 12.5 Å². The molecule has 1 amide bonds. The van der Waals surface area contributed by atoms with E-state index in [1.54, 1.807) is 4.68 Å². The predicted molar refractivity (Wildman–Crippen MR) is 85.4 cm³/mol. The van der Waals surface area contributed by atoms with E-state index in [2.05, 4.69) is 38.1 Å². The van der Waals surface area contributed by atoms with Crippen LogP contribution in [0.1, 0.15) is 76.0 Å². The topological polar surface area (TPSA) is 46.9 Å². The number of nitrogens with one attached hydrogen (secondary N) is 1. The van der Waals surface area contributed by atoms with E-state index in [1.165, 1.54) is 25.7 Å². The summed E-state index contributed by atoms with van der Waals surface area (Å²) in [5, 5.41) is 7.51. The minimum absolute atomic E-state index is 0.0119. The second-order valence-electron chi connectivity index (χ2n) is 7.81. The van der Waals surface area contributed by atoms with Gasteiger partial charge in [-0.25, -0.2) is 0 Å². The Balaban J connectivity index is 1.93. The minimum Gasteiger partial charge on any atom is -0.351 e. The molecule has 1 aromatic rings. The third-order valence-corrected chi connectivity index (χ3v) is 4.71. The molecular weight excluding hydrogens is 262 g/mol. The van der Waals surface area contributed by atoms with Crippen LogP contribution >= 0.6 is 0 Å². The highest BCUT2D eigenvalue weighted by atomic mass is 16.2. The normalized spacial score (nSPS) is 18.0. The van der Waals surface area contributed by atoms with Gasteiger partial charge in [-0.1, -0.05) is 40.5 Å². The van der Waals surface area contributed by atoms with Gasteiger partial charge >= 0.3 is 0 Å². The van der Waals surface area contributed by atoms with Gasteiger partial charge in [0.05, 0.1) is 5.69 Å². The van der Waals surface area contributed by atoms with Gasteiger partial charge in [0.25, 0.3) is 5.91 Å². The fourth-order valence-corrected chi connectivity index (χ4v) is 3.09. The fraction of sp³-hybridized carbons (Fsp3) is 0.765. The number of aryl methyl sites for hydroxylation is 1. The second kappa shape index (κ2) is 5.82. The number of carbonyl (C=O) groups excluding carboxylic acids is 1. The molecule has 1 aliphatic carbocycles. The predicted octanol–water partition coefficient (Wildman–Crippen LogP) is 3.42. The quantitative estimate of drug-likeness (QED) is 0.924. The molecule has 0 spiro atoms. The van der Waals surface area contributed by atoms with Crippen molar-refractivity contribution in [3.05, 3.63) is 17.5 Å². The maximum atomic E-state index is 12.3. The monoisotopic (exact) mass is 291 g/mol. The molecule has 0 atom stereocenters. The Labute approximate surface area is 128 Å². The molecule has 1 saturated carbocycles. The van der Waals surface area contributed by atoms with E-state index in [4.69, 9.17) is 0 Å². The van der Waals surface area contributed by atoms with Crippen LogP contribution in [0.15, 0.2) is 6.07 Å². The second-order valence-corrected chi connectivity index (χ2v) is 7.81. The van der Waals surface area contributed by atoms with Gasteiger partial charge < -0.3 is 5.32 Å². The van der Waals surface area contributed by atoms with E-state index in [1.807, 2.05) is 13.1 Å². The minimum atomic E-state index is -0.0341. The Morgan fingerprint density at radius 2 is 2.00 bits per heavy atom. The van der Waals surface area contributed by atoms with Gasteiger partial charge in [0.2, 0.25) is 0 Å². The first kappa shape index (κ1) is 16.1. The Kier molecular flexibility index (Phi) is 4.45. The molecule has 0 radical (unpaired) electrons. The SMILES string of the molecule is Cn1nc(C(C)(C)C)cc1C(=O)NCCC1(C)CCCC1. The molecule has 118 valence electrons. The van der Waals surface area contributed by atoms with Crippen LogP contribution in [-0.4, -0.2) is 22.2 Å². The van der Waals surface area contributed by atoms with Crippen molar-refractivity contribution in [2.45, 2.75) is 65.2 Å². The van der Waals surface area contributed by atoms with Crippen molar-refractivity contribution in [3.63, 3.8) is 0 Å². The Hall–Kier alpha value is -1.32. The van der Waals surface area contributed by atoms with Gasteiger partial charge in [-0.15, -0.1) is 0 Å². The number of carbonyl (C=O) groups is 1. The highest BCUT2D eigenvalue weighted by molar-refractivity contribution is 5.92. The summed E-state index contributed by atoms with van der Waals surface area (Å²) in [7, 11) is 1.84. The molecule has 1 aromatic heterocycles. The van der Waals surface area contributed by atoms with Crippen molar-refractivity contribution in [2.75, 3.05) is 6.54 Å². The number of hydrogen-bond acceptors (Lipinski definition) is 2. The summed E-state index contributed by atoms with van der Waals surface area (Å²) >= 11 is 0. The Morgan fingerprint density at radius 1 is 1.38 bits per heavy atom. The molecule has 0 unspecified atom stereocenters. The first-order valence-corrected chi connectivity index (χ1v) is 8.04. The molecule has 1 fully saturated rings. The lowest BCUT2D eigenvalue weighted by Crippen LogP contribution is -2.29. The van der Waals surface area contributed by atoms with Crippen molar-refractivity contribution >= 4 is 5.91 Å². The molecule has 1 heterocycles. The van der Waals surface area contributed by atoms with Crippen LogP contribution in [0, 0.1) is 5.41 Å². The van der Waals surface area contributed by atoms with E-state index in [9.17, 15) is 4.79 Å². The molecule has 21 heavy (non-hydrogen) atoms. The number of amides is 1. The van der Waals surface area contributed by atoms with E-state index < -0.39 is 0 Å². The van der Waals surface area contributed by atoms with E-state index >= 15 is 0 Å². The third-order valence-electron chi connectivity index (χ3n) is 4.71. The van der Waals surface area contributed by atoms with Crippen molar-refractivity contribution in [3.8, 4) is 0 Å². The smallest absolute Gasteiger partial charge is 0.269 e. The summed E-state index contributed by atoms with van der Waals surface area (Å²) < 4.78 is 1.69. The first-order chi connectivity index (χ1) is 9.71. The van der Waals surface area contributed by atoms with Gasteiger partial charge in [-0.2, -0.15) is 5.10 Å². The molecule has 0 aliphatic heterocycles. The van der Waals surface area contributed by atoms with Crippen molar-refractivity contribution < 1.29 is 4.79 Å². The number of aromatic nitrogens is 2. The van der Waals surface area contributed by atoms with Crippen LogP contribution in [0.2, 0.25) is 0 Å². The highest BCUT2D eigenvalue weighted by Gasteiger charge is 2.28. The summed E-state index contributed by atoms with van der Waals surface area (Å²) in [6, 6.07) is 1.91. The van der Waals surface area contributed by atoms with Gasteiger partial charge in [-0.3, -0.25) is 9.48 Å². The summed E-state index contributed by atoms with van der Waals surface area (Å²) in [5.74, 6) is -0.0119. The molecular formula is C17H29N3O. The van der Waals surface area contributed by atoms with Gasteiger partial charge in [0.15, 0.2) is 0 Å². The summed E-state index contributed by atoms with van der Waals surface area (Å²) in [4.78, 5) is 12.3. The molecule has 0 bridgehead atoms. The molecule has 1 N–H and O–H groups in total. The van der Waals surface area contributed by atoms with Crippen molar-refractivity contribution in [1.29, 1.82) is 0 Å². The Morgan fingerprint density at radius 3 is 2.52 bits per heavy atom. The molecule has 1 aliphatic rings. The van der Waals surface area contributed by atoms with Crippen LogP contribution in [0.5, 0.6) is 0 Å². The van der Waals surface area contributed by atoms with Gasteiger partial charge in [0.1, 0.15) is 5.69 Å². The van der Waals surface area contributed by atoms with Gasteiger partial charge in [-0.05, 0) is 30.7 Å². The lowest BCUT2D eigenvalue weighted by molar-refractivity contribution is 0.0938. The number of hydrogen-bond donors (Lipinski definition) is 1. The van der Waals surface area contributed by atoms with Gasteiger partial charge in [0, 0.05) is 19.0 Å². The molecule has 4 nitrogen and oxygen atoms in total. The Bertz CT molecular complexity index is 505. The zero-order chi connectivity index (χ0) is 15.7. The molecule has 0 aromatic carbocycles. The van der Waals surface area contributed by atoms with E-state index in [0.29, 0.717) is 11.1 Å². The molecule has 4 heteroatoms. The third kappa shape index (κ3) is 3.86. The highest BCUT2D eigenvalue weighted by Crippen LogP contribution is 2.40. The summed E-state index contributed by atoms with van der Waals surface area (Å²) in [6.07, 6.45) is 6.33. The van der Waals surface area contributed by atoms with Crippen LogP contribution in [-0.2, 0) is 12.5 Å². The standard InChI is InChI=1S/C17H29N3O/c1-16(2,3)14-12-13(20(5)19-14)15(21)18-11-10-17(4)8-6-7-9-17/h12H,6-11H2,1-5H3,(H,18,21). The van der Waals surface area contributed by atoms with Crippen LogP contribution in [0.3, 0.4) is 0 Å². The average molecular weight is 291 g/mol. The number of nitrogens with zero attached hydrogens (tertiary/aromatic N) is 2. The zero-order valence-electron chi connectivity index (χ0n) is 14.1. The fourth-order valence-electron chi connectivity index (χ4n) is 3.09. The summed E-state index contributed by atoms with van der Waals surface area (Å²) in [6.45, 7) is 9.42. The summed E-state index contributed by atoms with van der Waals surface area (Å²) in [5.41, 5.74) is 2.00. The lowest BCUT2D eigenvalue weighted by atomic mass is 9.85. The zero-order valence-corrected chi connectivity index (χ0v) is 14.1. The van der Waals surface area contributed by atoms with Crippen LogP contribution in [0.25, 0.3) is 0 Å².